The van der Waals surface area contributed by atoms with Gasteiger partial charge in [-0.2, -0.15) is 0 Å². The Morgan fingerprint density at radius 1 is 1.27 bits per heavy atom. The second-order valence-corrected chi connectivity index (χ2v) is 7.18. The number of hydrogen-bond donors (Lipinski definition) is 0. The number of amides is 3. The fourth-order valence-electron chi connectivity index (χ4n) is 3.95. The van der Waals surface area contributed by atoms with Gasteiger partial charge in [0.2, 0.25) is 0 Å². The Morgan fingerprint density at radius 2 is 1.92 bits per heavy atom. The molecule has 0 unspecified atom stereocenters. The maximum absolute atomic E-state index is 12.9. The lowest BCUT2D eigenvalue weighted by Gasteiger charge is -2.46. The monoisotopic (exact) mass is 363 g/mol. The van der Waals surface area contributed by atoms with Crippen molar-refractivity contribution >= 4 is 11.9 Å². The average molecular weight is 363 g/mol. The number of hydrogen-bond acceptors (Lipinski definition) is 4. The van der Waals surface area contributed by atoms with Gasteiger partial charge in [-0.05, 0) is 13.8 Å². The lowest BCUT2D eigenvalue weighted by Crippen LogP contribution is -2.56. The van der Waals surface area contributed by atoms with Crippen LogP contribution in [0.2, 0.25) is 0 Å². The van der Waals surface area contributed by atoms with Crippen LogP contribution in [-0.4, -0.2) is 82.6 Å². The van der Waals surface area contributed by atoms with E-state index in [4.69, 9.17) is 4.74 Å². The number of carbonyl (C=O) groups excluding carboxylic acids is 2. The summed E-state index contributed by atoms with van der Waals surface area (Å²) >= 11 is 0. The Labute approximate surface area is 154 Å². The molecule has 8 nitrogen and oxygen atoms in total. The highest BCUT2D eigenvalue weighted by Crippen LogP contribution is 2.40. The van der Waals surface area contributed by atoms with E-state index in [0.717, 1.165) is 5.82 Å². The molecule has 1 aromatic rings. The van der Waals surface area contributed by atoms with Gasteiger partial charge in [-0.3, -0.25) is 4.79 Å². The van der Waals surface area contributed by atoms with Gasteiger partial charge in [0, 0.05) is 65.5 Å². The molecule has 3 amide bonds. The summed E-state index contributed by atoms with van der Waals surface area (Å²) in [5.74, 6) is 0.901. The maximum atomic E-state index is 12.9. The molecule has 0 aromatic carbocycles. The lowest BCUT2D eigenvalue weighted by atomic mass is 9.88. The molecule has 1 saturated heterocycles. The third-order valence-corrected chi connectivity index (χ3v) is 5.43. The highest BCUT2D eigenvalue weighted by Gasteiger charge is 2.48. The Bertz CT molecular complexity index is 660. The van der Waals surface area contributed by atoms with Crippen LogP contribution < -0.4 is 0 Å². The minimum Gasteiger partial charge on any atom is -0.352 e. The average Bonchev–Trinajstić information content (AvgIpc) is 3.12. The second kappa shape index (κ2) is 7.26. The topological polar surface area (TPSA) is 70.9 Å². The fraction of sp³-hybridized carbons (Fsp3) is 0.722. The van der Waals surface area contributed by atoms with Crippen molar-refractivity contribution in [1.29, 1.82) is 0 Å². The van der Waals surface area contributed by atoms with Gasteiger partial charge in [0.15, 0.2) is 6.10 Å². The van der Waals surface area contributed by atoms with Gasteiger partial charge in [0.05, 0.1) is 6.54 Å². The van der Waals surface area contributed by atoms with Crippen molar-refractivity contribution in [1.82, 2.24) is 24.3 Å². The van der Waals surface area contributed by atoms with Crippen LogP contribution in [0, 0.1) is 0 Å². The van der Waals surface area contributed by atoms with Gasteiger partial charge >= 0.3 is 6.03 Å². The zero-order valence-corrected chi connectivity index (χ0v) is 16.1. The van der Waals surface area contributed by atoms with Crippen LogP contribution in [0.4, 0.5) is 4.79 Å². The van der Waals surface area contributed by atoms with Crippen LogP contribution in [0.1, 0.15) is 32.5 Å². The SMILES string of the molecule is CCN(CC)C(=O)[C@H]1Cn2ccnc2C2(CCN(C(=O)N(C)C)CC2)O1. The van der Waals surface area contributed by atoms with Gasteiger partial charge < -0.3 is 24.0 Å². The first kappa shape index (κ1) is 18.7. The fourth-order valence-corrected chi connectivity index (χ4v) is 3.95. The summed E-state index contributed by atoms with van der Waals surface area (Å²) in [6.07, 6.45) is 4.46. The molecule has 3 heterocycles. The molecule has 1 fully saturated rings. The number of aromatic nitrogens is 2. The molecule has 2 aliphatic heterocycles. The van der Waals surface area contributed by atoms with Gasteiger partial charge in [-0.1, -0.05) is 0 Å². The molecule has 0 N–H and O–H groups in total. The van der Waals surface area contributed by atoms with Gasteiger partial charge in [-0.25, -0.2) is 9.78 Å². The third-order valence-electron chi connectivity index (χ3n) is 5.43. The number of rotatable bonds is 3. The van der Waals surface area contributed by atoms with Gasteiger partial charge in [-0.15, -0.1) is 0 Å². The first-order chi connectivity index (χ1) is 12.4. The number of nitrogens with zero attached hydrogens (tertiary/aromatic N) is 5. The molecule has 26 heavy (non-hydrogen) atoms. The highest BCUT2D eigenvalue weighted by atomic mass is 16.5. The molecular weight excluding hydrogens is 334 g/mol. The van der Waals surface area contributed by atoms with E-state index in [-0.39, 0.29) is 11.9 Å². The van der Waals surface area contributed by atoms with Crippen molar-refractivity contribution in [2.24, 2.45) is 0 Å². The molecule has 3 rings (SSSR count). The van der Waals surface area contributed by atoms with Gasteiger partial charge in [0.25, 0.3) is 5.91 Å². The van der Waals surface area contributed by atoms with Crippen LogP contribution in [0.25, 0.3) is 0 Å². The molecule has 2 aliphatic rings. The van der Waals surface area contributed by atoms with E-state index in [1.165, 1.54) is 0 Å². The number of piperidine rings is 1. The highest BCUT2D eigenvalue weighted by molar-refractivity contribution is 5.81. The number of urea groups is 1. The zero-order chi connectivity index (χ0) is 18.9. The molecular formula is C18H29N5O3. The van der Waals surface area contributed by atoms with Crippen LogP contribution in [0.5, 0.6) is 0 Å². The van der Waals surface area contributed by atoms with Crippen molar-refractivity contribution in [3.05, 3.63) is 18.2 Å². The summed E-state index contributed by atoms with van der Waals surface area (Å²) in [5, 5.41) is 0. The summed E-state index contributed by atoms with van der Waals surface area (Å²) in [6.45, 7) is 6.98. The number of imidazole rings is 1. The summed E-state index contributed by atoms with van der Waals surface area (Å²) < 4.78 is 8.45. The molecule has 8 heteroatoms. The van der Waals surface area contributed by atoms with Gasteiger partial charge in [0.1, 0.15) is 11.4 Å². The van der Waals surface area contributed by atoms with Crippen LogP contribution in [0.15, 0.2) is 12.4 Å². The molecule has 0 radical (unpaired) electrons. The maximum Gasteiger partial charge on any atom is 0.319 e. The van der Waals surface area contributed by atoms with E-state index in [1.807, 2.05) is 34.4 Å². The van der Waals surface area contributed by atoms with E-state index in [0.29, 0.717) is 45.6 Å². The summed E-state index contributed by atoms with van der Waals surface area (Å²) in [6, 6.07) is 0.00905. The van der Waals surface area contributed by atoms with Crippen molar-refractivity contribution in [3.63, 3.8) is 0 Å². The standard InChI is InChI=1S/C18H29N5O3/c1-5-21(6-2)15(24)14-13-23-12-9-19-16(23)18(26-14)7-10-22(11-8-18)17(25)20(3)4/h9,12,14H,5-8,10-11,13H2,1-4H3/t14-/m1/s1. The van der Waals surface area contributed by atoms with Crippen LogP contribution >= 0.6 is 0 Å². The Kier molecular flexibility index (Phi) is 5.22. The molecule has 1 atom stereocenters. The Balaban J connectivity index is 1.81. The number of likely N-dealkylation sites (N-methyl/N-ethyl adjacent to an activating group) is 1. The normalized spacial score (nSPS) is 21.4. The van der Waals surface area contributed by atoms with E-state index in [1.54, 1.807) is 25.2 Å². The minimum absolute atomic E-state index is 0.00905. The van der Waals surface area contributed by atoms with E-state index in [2.05, 4.69) is 4.98 Å². The molecule has 144 valence electrons. The number of likely N-dealkylation sites (tertiary alicyclic amines) is 1. The smallest absolute Gasteiger partial charge is 0.319 e. The van der Waals surface area contributed by atoms with E-state index in [9.17, 15) is 9.59 Å². The predicted molar refractivity (Wildman–Crippen MR) is 96.6 cm³/mol. The molecule has 0 aliphatic carbocycles. The minimum atomic E-state index is -0.599. The molecule has 0 saturated carbocycles. The Hall–Kier alpha value is -2.09. The summed E-state index contributed by atoms with van der Waals surface area (Å²) in [7, 11) is 3.52. The molecule has 0 bridgehead atoms. The second-order valence-electron chi connectivity index (χ2n) is 7.18. The third kappa shape index (κ3) is 3.18. The van der Waals surface area contributed by atoms with E-state index >= 15 is 0 Å². The van der Waals surface area contributed by atoms with Crippen molar-refractivity contribution in [3.8, 4) is 0 Å². The predicted octanol–water partition coefficient (Wildman–Crippen LogP) is 1.12. The molecule has 1 aromatic heterocycles. The quantitative estimate of drug-likeness (QED) is 0.807. The zero-order valence-electron chi connectivity index (χ0n) is 16.1. The number of carbonyl (C=O) groups is 2. The Morgan fingerprint density at radius 3 is 2.50 bits per heavy atom. The first-order valence-electron chi connectivity index (χ1n) is 9.36. The molecule has 1 spiro atoms. The largest absolute Gasteiger partial charge is 0.352 e. The van der Waals surface area contributed by atoms with E-state index < -0.39 is 11.7 Å². The van der Waals surface area contributed by atoms with Crippen molar-refractivity contribution in [2.75, 3.05) is 40.3 Å². The van der Waals surface area contributed by atoms with Crippen LogP contribution in [-0.2, 0) is 21.7 Å². The lowest BCUT2D eigenvalue weighted by molar-refractivity contribution is -0.179. The number of fused-ring (bicyclic) bond motifs is 2. The summed E-state index contributed by atoms with van der Waals surface area (Å²) in [4.78, 5) is 34.9. The summed E-state index contributed by atoms with van der Waals surface area (Å²) in [5.41, 5.74) is -0.599. The van der Waals surface area contributed by atoms with Crippen molar-refractivity contribution in [2.45, 2.75) is 44.9 Å². The first-order valence-corrected chi connectivity index (χ1v) is 9.36. The van der Waals surface area contributed by atoms with Crippen LogP contribution in [0.3, 0.4) is 0 Å². The number of ether oxygens (including phenoxy) is 1. The van der Waals surface area contributed by atoms with Crippen molar-refractivity contribution < 1.29 is 14.3 Å².